The molecule has 0 fully saturated rings. The van der Waals surface area contributed by atoms with E-state index < -0.39 is 0 Å². The van der Waals surface area contributed by atoms with E-state index in [2.05, 4.69) is 34.9 Å². The third-order valence-corrected chi connectivity index (χ3v) is 3.83. The Morgan fingerprint density at radius 3 is 2.73 bits per heavy atom. The van der Waals surface area contributed by atoms with Crippen molar-refractivity contribution in [3.05, 3.63) is 52.6 Å². The van der Waals surface area contributed by atoms with Crippen LogP contribution in [0.4, 0.5) is 10.5 Å². The van der Waals surface area contributed by atoms with Crippen molar-refractivity contribution in [3.63, 3.8) is 0 Å². The van der Waals surface area contributed by atoms with E-state index in [1.54, 1.807) is 6.21 Å². The summed E-state index contributed by atoms with van der Waals surface area (Å²) in [5, 5.41) is 6.90. The average Bonchev–Trinajstić information content (AvgIpc) is 2.51. The SMILES string of the molecule is CCC1=C(/C=N/NC(=O)Nc2c(C)cccc2C)C=CCC1. The molecule has 0 aromatic heterocycles. The fourth-order valence-electron chi connectivity index (χ4n) is 2.56. The number of para-hydroxylation sites is 1. The molecule has 0 unspecified atom stereocenters. The molecule has 0 saturated carbocycles. The summed E-state index contributed by atoms with van der Waals surface area (Å²) >= 11 is 0. The second kappa shape index (κ2) is 7.59. The predicted molar refractivity (Wildman–Crippen MR) is 92.3 cm³/mol. The maximum absolute atomic E-state index is 11.9. The lowest BCUT2D eigenvalue weighted by Gasteiger charge is -2.12. The highest BCUT2D eigenvalue weighted by atomic mass is 16.2. The smallest absolute Gasteiger partial charge is 0.306 e. The number of nitrogens with zero attached hydrogens (tertiary/aromatic N) is 1. The van der Waals surface area contributed by atoms with Crippen molar-refractivity contribution < 1.29 is 4.79 Å². The van der Waals surface area contributed by atoms with Crippen LogP contribution >= 0.6 is 0 Å². The first-order chi connectivity index (χ1) is 10.6. The average molecular weight is 297 g/mol. The van der Waals surface area contributed by atoms with E-state index >= 15 is 0 Å². The van der Waals surface area contributed by atoms with Gasteiger partial charge in [0.05, 0.1) is 6.21 Å². The van der Waals surface area contributed by atoms with Gasteiger partial charge in [0.25, 0.3) is 0 Å². The number of carbonyl (C=O) groups is 1. The third kappa shape index (κ3) is 4.07. The lowest BCUT2D eigenvalue weighted by atomic mass is 9.96. The Balaban J connectivity index is 1.97. The Morgan fingerprint density at radius 1 is 1.32 bits per heavy atom. The zero-order chi connectivity index (χ0) is 15.9. The van der Waals surface area contributed by atoms with Crippen LogP contribution in [0.25, 0.3) is 0 Å². The summed E-state index contributed by atoms with van der Waals surface area (Å²) in [4.78, 5) is 11.9. The van der Waals surface area contributed by atoms with Crippen LogP contribution in [0.5, 0.6) is 0 Å². The zero-order valence-corrected chi connectivity index (χ0v) is 13.4. The first kappa shape index (κ1) is 16.0. The number of amides is 2. The highest BCUT2D eigenvalue weighted by Crippen LogP contribution is 2.20. The van der Waals surface area contributed by atoms with Crippen molar-refractivity contribution in [1.82, 2.24) is 5.43 Å². The second-order valence-corrected chi connectivity index (χ2v) is 5.44. The molecule has 2 rings (SSSR count). The van der Waals surface area contributed by atoms with Gasteiger partial charge in [0.1, 0.15) is 0 Å². The highest BCUT2D eigenvalue weighted by molar-refractivity contribution is 5.92. The number of nitrogens with one attached hydrogen (secondary N) is 2. The molecule has 0 aliphatic heterocycles. The number of hydrazone groups is 1. The molecule has 1 aliphatic rings. The van der Waals surface area contributed by atoms with Crippen LogP contribution in [0.3, 0.4) is 0 Å². The van der Waals surface area contributed by atoms with Crippen LogP contribution in [0.2, 0.25) is 0 Å². The zero-order valence-electron chi connectivity index (χ0n) is 13.4. The molecule has 1 aliphatic carbocycles. The largest absolute Gasteiger partial charge is 0.339 e. The Hall–Kier alpha value is -2.36. The highest BCUT2D eigenvalue weighted by Gasteiger charge is 2.07. The molecule has 0 bridgehead atoms. The standard InChI is InChI=1S/C18H23N3O/c1-4-15-10-5-6-11-16(15)12-19-21-18(22)20-17-13(2)8-7-9-14(17)3/h6-9,11-12H,4-5,10H2,1-3H3,(H2,20,21,22)/b19-12+. The lowest BCUT2D eigenvalue weighted by Crippen LogP contribution is -2.25. The minimum atomic E-state index is -0.327. The monoisotopic (exact) mass is 297 g/mol. The summed E-state index contributed by atoms with van der Waals surface area (Å²) in [6.45, 7) is 6.08. The Morgan fingerprint density at radius 2 is 2.05 bits per heavy atom. The fourth-order valence-corrected chi connectivity index (χ4v) is 2.56. The number of anilines is 1. The second-order valence-electron chi connectivity index (χ2n) is 5.44. The minimum Gasteiger partial charge on any atom is -0.306 e. The Labute approximate surface area is 132 Å². The molecule has 2 amide bonds. The van der Waals surface area contributed by atoms with Crippen LogP contribution in [0, 0.1) is 13.8 Å². The number of aryl methyl sites for hydroxylation is 2. The summed E-state index contributed by atoms with van der Waals surface area (Å²) in [6.07, 6.45) is 9.09. The van der Waals surface area contributed by atoms with Gasteiger partial charge in [-0.3, -0.25) is 0 Å². The third-order valence-electron chi connectivity index (χ3n) is 3.83. The maximum atomic E-state index is 11.9. The predicted octanol–water partition coefficient (Wildman–Crippen LogP) is 4.47. The van der Waals surface area contributed by atoms with Crippen LogP contribution in [0.1, 0.15) is 37.3 Å². The number of rotatable bonds is 4. The quantitative estimate of drug-likeness (QED) is 0.625. The van der Waals surface area contributed by atoms with E-state index in [1.165, 1.54) is 5.57 Å². The molecule has 0 radical (unpaired) electrons. The molecule has 1 aromatic rings. The van der Waals surface area contributed by atoms with Crippen molar-refractivity contribution in [1.29, 1.82) is 0 Å². The summed E-state index contributed by atoms with van der Waals surface area (Å²) in [5.74, 6) is 0. The van der Waals surface area contributed by atoms with Gasteiger partial charge in [0.2, 0.25) is 0 Å². The van der Waals surface area contributed by atoms with Crippen molar-refractivity contribution in [2.75, 3.05) is 5.32 Å². The van der Waals surface area contributed by atoms with Crippen LogP contribution in [0.15, 0.2) is 46.6 Å². The Kier molecular flexibility index (Phi) is 5.53. The summed E-state index contributed by atoms with van der Waals surface area (Å²) < 4.78 is 0. The van der Waals surface area contributed by atoms with Crippen LogP contribution < -0.4 is 10.7 Å². The Bertz CT molecular complexity index is 621. The molecule has 0 spiro atoms. The number of benzene rings is 1. The molecule has 0 heterocycles. The molecular formula is C18H23N3O. The van der Waals surface area contributed by atoms with Gasteiger partial charge in [0.15, 0.2) is 0 Å². The van der Waals surface area contributed by atoms with Gasteiger partial charge in [-0.25, -0.2) is 10.2 Å². The molecule has 22 heavy (non-hydrogen) atoms. The number of allylic oxidation sites excluding steroid dienone is 4. The van der Waals surface area contributed by atoms with Crippen molar-refractivity contribution in [3.8, 4) is 0 Å². The molecule has 0 saturated heterocycles. The first-order valence-corrected chi connectivity index (χ1v) is 7.66. The maximum Gasteiger partial charge on any atom is 0.339 e. The number of carbonyl (C=O) groups excluding carboxylic acids is 1. The molecule has 1 aromatic carbocycles. The number of hydrogen-bond donors (Lipinski definition) is 2. The van der Waals surface area contributed by atoms with Gasteiger partial charge in [0, 0.05) is 5.69 Å². The van der Waals surface area contributed by atoms with E-state index in [-0.39, 0.29) is 6.03 Å². The minimum absolute atomic E-state index is 0.327. The van der Waals surface area contributed by atoms with Gasteiger partial charge in [-0.2, -0.15) is 5.10 Å². The van der Waals surface area contributed by atoms with Gasteiger partial charge >= 0.3 is 6.03 Å². The summed E-state index contributed by atoms with van der Waals surface area (Å²) in [7, 11) is 0. The summed E-state index contributed by atoms with van der Waals surface area (Å²) in [6, 6.07) is 5.58. The lowest BCUT2D eigenvalue weighted by molar-refractivity contribution is 0.252. The van der Waals surface area contributed by atoms with Crippen molar-refractivity contribution in [2.24, 2.45) is 5.10 Å². The molecule has 4 nitrogen and oxygen atoms in total. The van der Waals surface area contributed by atoms with E-state index in [1.807, 2.05) is 32.0 Å². The van der Waals surface area contributed by atoms with Crippen molar-refractivity contribution in [2.45, 2.75) is 40.0 Å². The van der Waals surface area contributed by atoms with Gasteiger partial charge in [-0.1, -0.05) is 42.8 Å². The van der Waals surface area contributed by atoms with E-state index in [4.69, 9.17) is 0 Å². The van der Waals surface area contributed by atoms with E-state index in [9.17, 15) is 4.79 Å². The van der Waals surface area contributed by atoms with Crippen molar-refractivity contribution >= 4 is 17.9 Å². The van der Waals surface area contributed by atoms with Crippen LogP contribution in [-0.4, -0.2) is 12.2 Å². The molecule has 116 valence electrons. The molecule has 4 heteroatoms. The summed E-state index contributed by atoms with van der Waals surface area (Å²) in [5.41, 5.74) is 7.90. The van der Waals surface area contributed by atoms with Gasteiger partial charge in [-0.05, 0) is 49.8 Å². The normalized spacial score (nSPS) is 14.5. The van der Waals surface area contributed by atoms with Gasteiger partial charge < -0.3 is 5.32 Å². The fraction of sp³-hybridized carbons (Fsp3) is 0.333. The molecule has 2 N–H and O–H groups in total. The van der Waals surface area contributed by atoms with E-state index in [0.29, 0.717) is 0 Å². The molecular weight excluding hydrogens is 274 g/mol. The topological polar surface area (TPSA) is 53.5 Å². The first-order valence-electron chi connectivity index (χ1n) is 7.66. The van der Waals surface area contributed by atoms with Gasteiger partial charge in [-0.15, -0.1) is 0 Å². The van der Waals surface area contributed by atoms with Crippen LogP contribution in [-0.2, 0) is 0 Å². The number of hydrogen-bond acceptors (Lipinski definition) is 2. The molecule has 0 atom stereocenters. The van der Waals surface area contributed by atoms with E-state index in [0.717, 1.165) is 41.6 Å². The number of urea groups is 1.